The largest absolute Gasteiger partial charge is 0.257 e. The van der Waals surface area contributed by atoms with Gasteiger partial charge in [-0.2, -0.15) is 0 Å². The van der Waals surface area contributed by atoms with E-state index in [0.717, 1.165) is 0 Å². The van der Waals surface area contributed by atoms with Crippen molar-refractivity contribution in [3.8, 4) is 0 Å². The molecule has 1 N–H and O–H groups in total. The summed E-state index contributed by atoms with van der Waals surface area (Å²) in [5.74, 6) is 2.24. The number of aromatic nitrogens is 2. The van der Waals surface area contributed by atoms with Gasteiger partial charge < -0.3 is 0 Å². The molecule has 2 nitrogen and oxygen atoms in total. The molecule has 41 heavy (non-hydrogen) atoms. The first-order chi connectivity index (χ1) is 20.2. The van der Waals surface area contributed by atoms with Crippen LogP contribution in [0.5, 0.6) is 0 Å². The molecule has 1 aromatic rings. The Morgan fingerprint density at radius 2 is 0.780 bits per heavy atom. The van der Waals surface area contributed by atoms with E-state index in [1.54, 1.807) is 0 Å². The van der Waals surface area contributed by atoms with Crippen LogP contribution in [0.4, 0.5) is 0 Å². The van der Waals surface area contributed by atoms with E-state index in [-0.39, 0.29) is 0 Å². The molecular formula is C39H77N2+. The molecule has 0 aliphatic carbocycles. The number of unbranched alkanes of at least 4 members (excludes halogenated alkanes) is 24. The summed E-state index contributed by atoms with van der Waals surface area (Å²) in [5, 5.41) is 0. The van der Waals surface area contributed by atoms with Crippen LogP contribution in [0.2, 0.25) is 0 Å². The monoisotopic (exact) mass is 574 g/mol. The maximum absolute atomic E-state index is 3.73. The average molecular weight is 574 g/mol. The summed E-state index contributed by atoms with van der Waals surface area (Å²) in [7, 11) is 0. The van der Waals surface area contributed by atoms with Gasteiger partial charge in [0.25, 0.3) is 5.82 Å². The van der Waals surface area contributed by atoms with Gasteiger partial charge in [0.05, 0.1) is 12.0 Å². The maximum atomic E-state index is 3.73. The van der Waals surface area contributed by atoms with Crippen LogP contribution in [0.25, 0.3) is 0 Å². The molecule has 1 rings (SSSR count). The number of H-pyrrole nitrogens is 1. The molecule has 242 valence electrons. The predicted octanol–water partition coefficient (Wildman–Crippen LogP) is 13.7. The Labute approximate surface area is 259 Å². The van der Waals surface area contributed by atoms with E-state index in [1.165, 1.54) is 198 Å². The SMILES string of the molecule is CCCCCCCCCCCCCCCC(CCCCCCCCCCCC)c1[nH]cc[n+]1C(C)CCCCCC. The van der Waals surface area contributed by atoms with Crippen LogP contribution >= 0.6 is 0 Å². The average Bonchev–Trinajstić information content (AvgIpc) is 3.47. The Balaban J connectivity index is 2.37. The Bertz CT molecular complexity index is 635. The Kier molecular flexibility index (Phi) is 27.3. The Morgan fingerprint density at radius 3 is 1.17 bits per heavy atom. The summed E-state index contributed by atoms with van der Waals surface area (Å²) >= 11 is 0. The first-order valence-electron chi connectivity index (χ1n) is 19.3. The third-order valence-corrected chi connectivity index (χ3v) is 9.64. The number of nitrogens with one attached hydrogen (secondary N) is 1. The van der Waals surface area contributed by atoms with Crippen LogP contribution in [0, 0.1) is 0 Å². The fraction of sp³-hybridized carbons (Fsp3) is 0.923. The molecule has 2 atom stereocenters. The van der Waals surface area contributed by atoms with E-state index in [9.17, 15) is 0 Å². The van der Waals surface area contributed by atoms with Gasteiger partial charge in [-0.05, 0) is 32.6 Å². The summed E-state index contributed by atoms with van der Waals surface area (Å²) < 4.78 is 2.62. The molecule has 2 unspecified atom stereocenters. The molecule has 0 saturated heterocycles. The van der Waals surface area contributed by atoms with Crippen molar-refractivity contribution in [3.63, 3.8) is 0 Å². The minimum absolute atomic E-state index is 0.620. The lowest BCUT2D eigenvalue weighted by molar-refractivity contribution is -0.727. The number of nitrogens with zero attached hydrogens (tertiary/aromatic N) is 1. The maximum Gasteiger partial charge on any atom is 0.257 e. The van der Waals surface area contributed by atoms with Gasteiger partial charge in [0.1, 0.15) is 12.4 Å². The molecule has 0 spiro atoms. The first kappa shape index (κ1) is 38.2. The molecule has 0 bridgehead atoms. The highest BCUT2D eigenvalue weighted by molar-refractivity contribution is 4.90. The first-order valence-corrected chi connectivity index (χ1v) is 19.3. The summed E-state index contributed by atoms with van der Waals surface area (Å²) in [6.07, 6.45) is 47.2. The number of hydrogen-bond acceptors (Lipinski definition) is 0. The predicted molar refractivity (Wildman–Crippen MR) is 184 cm³/mol. The van der Waals surface area contributed by atoms with Crippen LogP contribution in [-0.2, 0) is 0 Å². The van der Waals surface area contributed by atoms with Crippen molar-refractivity contribution >= 4 is 0 Å². The minimum atomic E-state index is 0.620. The molecule has 0 fully saturated rings. The van der Waals surface area contributed by atoms with Crippen LogP contribution in [0.15, 0.2) is 12.4 Å². The molecule has 0 amide bonds. The van der Waals surface area contributed by atoms with Gasteiger partial charge in [0.15, 0.2) is 0 Å². The molecule has 1 heterocycles. The third kappa shape index (κ3) is 21.5. The lowest BCUT2D eigenvalue weighted by atomic mass is 9.92. The second-order valence-corrected chi connectivity index (χ2v) is 13.6. The normalized spacial score (nSPS) is 13.2. The van der Waals surface area contributed by atoms with Crippen molar-refractivity contribution in [2.75, 3.05) is 0 Å². The molecule has 0 aliphatic rings. The van der Waals surface area contributed by atoms with Gasteiger partial charge in [0, 0.05) is 0 Å². The lowest BCUT2D eigenvalue weighted by Crippen LogP contribution is -2.41. The standard InChI is InChI=1S/C39H76N2/c1-5-8-11-14-16-18-20-21-22-24-26-28-31-34-38(33-30-27-25-23-19-17-15-12-9-6-2)39-40-35-36-41(39)37(4)32-29-13-10-7-3/h35-38H,5-34H2,1-4H3/p+1. The molecule has 2 heteroatoms. The van der Waals surface area contributed by atoms with Gasteiger partial charge >= 0.3 is 0 Å². The number of aromatic amines is 1. The van der Waals surface area contributed by atoms with Gasteiger partial charge in [-0.15, -0.1) is 0 Å². The zero-order chi connectivity index (χ0) is 29.6. The zero-order valence-corrected chi connectivity index (χ0v) is 29.0. The summed E-state index contributed by atoms with van der Waals surface area (Å²) in [6.45, 7) is 9.39. The molecule has 0 aliphatic heterocycles. The Morgan fingerprint density at radius 1 is 0.463 bits per heavy atom. The number of hydrogen-bond donors (Lipinski definition) is 1. The van der Waals surface area contributed by atoms with E-state index in [0.29, 0.717) is 12.0 Å². The zero-order valence-electron chi connectivity index (χ0n) is 29.0. The summed E-state index contributed by atoms with van der Waals surface area (Å²) in [4.78, 5) is 3.73. The second-order valence-electron chi connectivity index (χ2n) is 13.6. The van der Waals surface area contributed by atoms with Crippen molar-refractivity contribution in [1.82, 2.24) is 4.98 Å². The highest BCUT2D eigenvalue weighted by Gasteiger charge is 2.25. The minimum Gasteiger partial charge on any atom is -0.247 e. The lowest BCUT2D eigenvalue weighted by Gasteiger charge is -2.17. The summed E-state index contributed by atoms with van der Waals surface area (Å²) in [5.41, 5.74) is 0. The topological polar surface area (TPSA) is 19.7 Å². The van der Waals surface area contributed by atoms with E-state index in [1.807, 2.05) is 0 Å². The van der Waals surface area contributed by atoms with Gasteiger partial charge in [-0.1, -0.05) is 188 Å². The number of imidazole rings is 1. The van der Waals surface area contributed by atoms with E-state index < -0.39 is 0 Å². The fourth-order valence-electron chi connectivity index (χ4n) is 6.78. The molecule has 0 radical (unpaired) electrons. The molecule has 0 saturated carbocycles. The highest BCUT2D eigenvalue weighted by Crippen LogP contribution is 2.27. The van der Waals surface area contributed by atoms with Crippen molar-refractivity contribution in [2.24, 2.45) is 0 Å². The van der Waals surface area contributed by atoms with Gasteiger partial charge in [-0.3, -0.25) is 0 Å². The molecular weight excluding hydrogens is 496 g/mol. The van der Waals surface area contributed by atoms with Gasteiger partial charge in [0.2, 0.25) is 0 Å². The summed E-state index contributed by atoms with van der Waals surface area (Å²) in [6, 6.07) is 0.620. The second kappa shape index (κ2) is 29.3. The highest BCUT2D eigenvalue weighted by atomic mass is 15.1. The smallest absolute Gasteiger partial charge is 0.247 e. The fourth-order valence-corrected chi connectivity index (χ4v) is 6.78. The van der Waals surface area contributed by atoms with E-state index in [2.05, 4.69) is 49.6 Å². The number of rotatable bonds is 32. The van der Waals surface area contributed by atoms with Crippen LogP contribution in [0.3, 0.4) is 0 Å². The van der Waals surface area contributed by atoms with E-state index >= 15 is 0 Å². The third-order valence-electron chi connectivity index (χ3n) is 9.64. The van der Waals surface area contributed by atoms with Crippen LogP contribution in [0.1, 0.15) is 238 Å². The molecule has 0 aromatic carbocycles. The van der Waals surface area contributed by atoms with Crippen LogP contribution < -0.4 is 4.57 Å². The molecule has 1 aromatic heterocycles. The van der Waals surface area contributed by atoms with Crippen molar-refractivity contribution < 1.29 is 4.57 Å². The van der Waals surface area contributed by atoms with Crippen molar-refractivity contribution in [1.29, 1.82) is 0 Å². The van der Waals surface area contributed by atoms with Crippen molar-refractivity contribution in [2.45, 2.75) is 232 Å². The quantitative estimate of drug-likeness (QED) is 0.0653. The Hall–Kier alpha value is -0.790. The van der Waals surface area contributed by atoms with Crippen molar-refractivity contribution in [3.05, 3.63) is 18.2 Å². The van der Waals surface area contributed by atoms with E-state index in [4.69, 9.17) is 0 Å². The van der Waals surface area contributed by atoms with Crippen LogP contribution in [-0.4, -0.2) is 4.98 Å². The van der Waals surface area contributed by atoms with Gasteiger partial charge in [-0.25, -0.2) is 9.55 Å².